The lowest BCUT2D eigenvalue weighted by Gasteiger charge is -2.44. The third-order valence-corrected chi connectivity index (χ3v) is 22.1. The van der Waals surface area contributed by atoms with Crippen molar-refractivity contribution in [2.75, 3.05) is 9.80 Å². The summed E-state index contributed by atoms with van der Waals surface area (Å²) in [6.45, 7) is -0.120. The number of hydrogen-bond acceptors (Lipinski definition) is 6. The normalized spacial score (nSPS) is 12.1. The first-order chi connectivity index (χ1) is 55.5. The standard InChI is InChI=1S/C104H68BN7/c1-9-31-69(32-10-1)79-57-80(70-33-11-2-12-34-70)60-84(59-79)110-98-51-29-26-48-89(98)105-90-49-27-30-52-99(90)111(85-61-81(71-35-13-3-14-36-71)58-82(62-85)72-37-15-4-16-38-72)101-66-83(65-100(110)102(101)105)77-53-55-96-87(63-77)86-47-25-28-50-95(86)112(96)97-56-54-78(93-67-91(73-39-17-5-18-40-73)106-103(108-93)75-43-21-7-22-44-75)64-88(97)94-68-92(74-41-19-6-20-42-74)107-104(109-94)76-45-23-8-24-46-76/h1-68H. The van der Waals surface area contributed by atoms with Gasteiger partial charge in [-0.2, -0.15) is 0 Å². The molecular formula is C104H68BN7. The zero-order valence-corrected chi connectivity index (χ0v) is 61.0. The van der Waals surface area contributed by atoms with Gasteiger partial charge < -0.3 is 14.4 Å². The average molecular weight is 1430 g/mol. The Morgan fingerprint density at radius 1 is 0.196 bits per heavy atom. The van der Waals surface area contributed by atoms with Crippen LogP contribution in [0, 0.1) is 0 Å². The number of fused-ring (bicyclic) bond motifs is 7. The molecule has 2 aliphatic heterocycles. The minimum atomic E-state index is -0.120. The maximum Gasteiger partial charge on any atom is 0.252 e. The second-order valence-electron chi connectivity index (χ2n) is 28.9. The van der Waals surface area contributed by atoms with Gasteiger partial charge in [-0.25, -0.2) is 19.9 Å². The van der Waals surface area contributed by atoms with E-state index in [1.165, 1.54) is 16.4 Å². The highest BCUT2D eigenvalue weighted by atomic mass is 15.2. The molecule has 3 aromatic heterocycles. The van der Waals surface area contributed by atoms with Crippen molar-refractivity contribution >= 4 is 79.0 Å². The van der Waals surface area contributed by atoms with Gasteiger partial charge in [-0.1, -0.05) is 309 Å². The molecule has 0 unspecified atom stereocenters. The van der Waals surface area contributed by atoms with Crippen LogP contribution in [0.2, 0.25) is 0 Å². The van der Waals surface area contributed by atoms with Crippen LogP contribution in [0.5, 0.6) is 0 Å². The Balaban J connectivity index is 0.817. The second kappa shape index (κ2) is 27.7. The fourth-order valence-electron chi connectivity index (χ4n) is 16.9. The fourth-order valence-corrected chi connectivity index (χ4v) is 16.9. The molecule has 19 aromatic rings. The molecule has 8 heteroatoms. The predicted octanol–water partition coefficient (Wildman–Crippen LogP) is 24.8. The van der Waals surface area contributed by atoms with E-state index in [0.717, 1.165) is 173 Å². The quantitative estimate of drug-likeness (QED) is 0.101. The van der Waals surface area contributed by atoms with E-state index in [1.54, 1.807) is 0 Å². The van der Waals surface area contributed by atoms with Crippen molar-refractivity contribution in [3.63, 3.8) is 0 Å². The highest BCUT2D eigenvalue weighted by molar-refractivity contribution is 7.00. The van der Waals surface area contributed by atoms with Gasteiger partial charge in [0.2, 0.25) is 0 Å². The molecule has 0 amide bonds. The van der Waals surface area contributed by atoms with Crippen molar-refractivity contribution in [3.8, 4) is 129 Å². The van der Waals surface area contributed by atoms with Crippen molar-refractivity contribution in [3.05, 3.63) is 413 Å². The van der Waals surface area contributed by atoms with Crippen LogP contribution < -0.4 is 26.2 Å². The first kappa shape index (κ1) is 65.4. The van der Waals surface area contributed by atoms with Crippen LogP contribution in [0.15, 0.2) is 413 Å². The van der Waals surface area contributed by atoms with Crippen LogP contribution in [-0.4, -0.2) is 31.2 Å². The number of hydrogen-bond donors (Lipinski definition) is 0. The third-order valence-electron chi connectivity index (χ3n) is 22.1. The van der Waals surface area contributed by atoms with Gasteiger partial charge >= 0.3 is 0 Å². The lowest BCUT2D eigenvalue weighted by Crippen LogP contribution is -2.61. The second-order valence-corrected chi connectivity index (χ2v) is 28.9. The molecule has 5 heterocycles. The van der Waals surface area contributed by atoms with E-state index in [-0.39, 0.29) is 6.71 Å². The van der Waals surface area contributed by atoms with Crippen molar-refractivity contribution in [1.29, 1.82) is 0 Å². The zero-order valence-electron chi connectivity index (χ0n) is 61.0. The maximum absolute atomic E-state index is 5.61. The van der Waals surface area contributed by atoms with E-state index in [2.05, 4.69) is 390 Å². The summed E-state index contributed by atoms with van der Waals surface area (Å²) in [4.78, 5) is 26.7. The Kier molecular flexibility index (Phi) is 16.2. The molecule has 0 atom stereocenters. The molecular weight excluding hydrogens is 1360 g/mol. The Morgan fingerprint density at radius 3 is 1.00 bits per heavy atom. The van der Waals surface area contributed by atoms with Gasteiger partial charge in [-0.05, 0) is 175 Å². The van der Waals surface area contributed by atoms with Gasteiger partial charge in [0.1, 0.15) is 0 Å². The van der Waals surface area contributed by atoms with Crippen LogP contribution in [0.1, 0.15) is 0 Å². The molecule has 7 nitrogen and oxygen atoms in total. The van der Waals surface area contributed by atoms with Gasteiger partial charge in [-0.3, -0.25) is 0 Å². The minimum absolute atomic E-state index is 0.120. The van der Waals surface area contributed by atoms with E-state index >= 15 is 0 Å². The SMILES string of the molecule is c1ccc(-c2cc(-c3ccccc3)cc(N3c4ccccc4B4c5ccccc5N(c5cc(-c6ccccc6)cc(-c6ccccc6)c5)c5cc(-c6ccc7c(c6)c6ccccc6n7-c6ccc(-c7cc(-c8ccccc8)nc(-c8ccccc8)n7)cc6-c6cc(-c7ccccc7)nc(-c7ccccc7)n6)cc3c54)c2)cc1. The van der Waals surface area contributed by atoms with Crippen LogP contribution in [0.3, 0.4) is 0 Å². The zero-order chi connectivity index (χ0) is 74.0. The van der Waals surface area contributed by atoms with E-state index in [4.69, 9.17) is 19.9 Å². The lowest BCUT2D eigenvalue weighted by molar-refractivity contribution is 1.15. The van der Waals surface area contributed by atoms with Crippen LogP contribution >= 0.6 is 0 Å². The van der Waals surface area contributed by atoms with E-state index in [1.807, 2.05) is 36.4 Å². The summed E-state index contributed by atoms with van der Waals surface area (Å²) < 4.78 is 2.44. The van der Waals surface area contributed by atoms with Crippen molar-refractivity contribution in [2.24, 2.45) is 0 Å². The van der Waals surface area contributed by atoms with Crippen molar-refractivity contribution in [1.82, 2.24) is 24.5 Å². The largest absolute Gasteiger partial charge is 0.311 e. The topological polar surface area (TPSA) is 63.0 Å². The summed E-state index contributed by atoms with van der Waals surface area (Å²) in [5, 5.41) is 2.22. The first-order valence-electron chi connectivity index (χ1n) is 38.2. The fraction of sp³-hybridized carbons (Fsp3) is 0. The lowest BCUT2D eigenvalue weighted by atomic mass is 9.33. The predicted molar refractivity (Wildman–Crippen MR) is 466 cm³/mol. The van der Waals surface area contributed by atoms with E-state index < -0.39 is 0 Å². The number of anilines is 6. The summed E-state index contributed by atoms with van der Waals surface area (Å²) in [6, 6.07) is 149. The van der Waals surface area contributed by atoms with Gasteiger partial charge in [0.15, 0.2) is 11.6 Å². The highest BCUT2D eigenvalue weighted by Gasteiger charge is 2.44. The molecule has 2 aliphatic rings. The van der Waals surface area contributed by atoms with Gasteiger partial charge in [0.25, 0.3) is 6.71 Å². The molecule has 0 fully saturated rings. The van der Waals surface area contributed by atoms with Crippen LogP contribution in [-0.2, 0) is 0 Å². The van der Waals surface area contributed by atoms with E-state index in [9.17, 15) is 0 Å². The molecule has 0 saturated carbocycles. The molecule has 522 valence electrons. The first-order valence-corrected chi connectivity index (χ1v) is 38.2. The molecule has 21 rings (SSSR count). The monoisotopic (exact) mass is 1430 g/mol. The molecule has 0 saturated heterocycles. The van der Waals surface area contributed by atoms with E-state index in [0.29, 0.717) is 11.6 Å². The molecule has 0 aliphatic carbocycles. The smallest absolute Gasteiger partial charge is 0.252 e. The molecule has 16 aromatic carbocycles. The van der Waals surface area contributed by atoms with Crippen molar-refractivity contribution in [2.45, 2.75) is 0 Å². The Labute approximate surface area is 650 Å². The molecule has 112 heavy (non-hydrogen) atoms. The number of aromatic nitrogens is 5. The Bertz CT molecular complexity index is 6370. The molecule has 0 bridgehead atoms. The summed E-state index contributed by atoms with van der Waals surface area (Å²) in [5.41, 5.74) is 33.5. The Hall–Kier alpha value is -14.9. The van der Waals surface area contributed by atoms with Crippen molar-refractivity contribution < 1.29 is 0 Å². The van der Waals surface area contributed by atoms with Gasteiger partial charge in [0, 0.05) is 78.3 Å². The summed E-state index contributed by atoms with van der Waals surface area (Å²) in [5.74, 6) is 1.27. The number of nitrogens with zero attached hydrogens (tertiary/aromatic N) is 7. The number of benzene rings is 16. The maximum atomic E-state index is 5.61. The summed E-state index contributed by atoms with van der Waals surface area (Å²) >= 11 is 0. The highest BCUT2D eigenvalue weighted by Crippen LogP contribution is 2.50. The Morgan fingerprint density at radius 2 is 0.545 bits per heavy atom. The van der Waals surface area contributed by atoms with Gasteiger partial charge in [-0.15, -0.1) is 0 Å². The minimum Gasteiger partial charge on any atom is -0.311 e. The summed E-state index contributed by atoms with van der Waals surface area (Å²) in [6.07, 6.45) is 0. The molecule has 0 radical (unpaired) electrons. The van der Waals surface area contributed by atoms with Crippen LogP contribution in [0.4, 0.5) is 34.1 Å². The number of rotatable bonds is 14. The van der Waals surface area contributed by atoms with Crippen LogP contribution in [0.25, 0.3) is 151 Å². The summed E-state index contributed by atoms with van der Waals surface area (Å²) in [7, 11) is 0. The number of para-hydroxylation sites is 3. The third kappa shape index (κ3) is 11.7. The van der Waals surface area contributed by atoms with Gasteiger partial charge in [0.05, 0.1) is 39.5 Å². The molecule has 0 N–H and O–H groups in total. The molecule has 0 spiro atoms. The average Bonchev–Trinajstić information content (AvgIpc) is 0.785.